The Hall–Kier alpha value is -0.880. The van der Waals surface area contributed by atoms with Crippen LogP contribution in [0.5, 0.6) is 0 Å². The summed E-state index contributed by atoms with van der Waals surface area (Å²) in [5.74, 6) is 0. The number of rotatable bonds is 2. The molecule has 0 saturated carbocycles. The SMILES string of the molecule is CC(N)(c1c(Cl)cccc1C(F)(F)F)C(F)F. The minimum absolute atomic E-state index is 0.426. The Morgan fingerprint density at radius 3 is 2.18 bits per heavy atom. The van der Waals surface area contributed by atoms with Gasteiger partial charge in [0, 0.05) is 10.6 Å². The van der Waals surface area contributed by atoms with Crippen molar-refractivity contribution in [1.82, 2.24) is 0 Å². The molecule has 1 atom stereocenters. The van der Waals surface area contributed by atoms with Gasteiger partial charge in [-0.1, -0.05) is 17.7 Å². The lowest BCUT2D eigenvalue weighted by atomic mass is 9.89. The normalized spacial score (nSPS) is 16.1. The molecule has 17 heavy (non-hydrogen) atoms. The van der Waals surface area contributed by atoms with E-state index < -0.39 is 34.3 Å². The van der Waals surface area contributed by atoms with Crippen molar-refractivity contribution in [3.63, 3.8) is 0 Å². The zero-order chi connectivity index (χ0) is 13.4. The van der Waals surface area contributed by atoms with Crippen molar-refractivity contribution in [2.45, 2.75) is 25.1 Å². The number of alkyl halides is 5. The number of hydrogen-bond donors (Lipinski definition) is 1. The summed E-state index contributed by atoms with van der Waals surface area (Å²) in [5, 5.41) is -0.426. The van der Waals surface area contributed by atoms with Gasteiger partial charge in [-0.25, -0.2) is 8.78 Å². The topological polar surface area (TPSA) is 26.0 Å². The molecule has 0 aliphatic heterocycles. The number of benzene rings is 1. The summed E-state index contributed by atoms with van der Waals surface area (Å²) in [5.41, 5.74) is 0.761. The molecule has 1 unspecified atom stereocenters. The standard InChI is InChI=1S/C10H9ClF5N/c1-9(17,8(12)13)7-5(10(14,15)16)3-2-4-6(7)11/h2-4,8H,17H2,1H3. The molecule has 1 nitrogen and oxygen atoms in total. The van der Waals surface area contributed by atoms with Gasteiger partial charge in [-0.15, -0.1) is 0 Å². The monoisotopic (exact) mass is 273 g/mol. The molecule has 0 saturated heterocycles. The molecule has 7 heteroatoms. The summed E-state index contributed by atoms with van der Waals surface area (Å²) in [6.07, 6.45) is -7.95. The lowest BCUT2D eigenvalue weighted by molar-refractivity contribution is -0.139. The lowest BCUT2D eigenvalue weighted by Gasteiger charge is -2.28. The number of hydrogen-bond acceptors (Lipinski definition) is 1. The van der Waals surface area contributed by atoms with Crippen LogP contribution in [0.2, 0.25) is 5.02 Å². The zero-order valence-electron chi connectivity index (χ0n) is 8.65. The Labute approximate surface area is 99.4 Å². The van der Waals surface area contributed by atoms with Gasteiger partial charge >= 0.3 is 6.18 Å². The Balaban J connectivity index is 3.52. The summed E-state index contributed by atoms with van der Waals surface area (Å²) < 4.78 is 63.4. The average molecular weight is 274 g/mol. The first-order chi connectivity index (χ1) is 7.58. The second kappa shape index (κ2) is 4.42. The maximum Gasteiger partial charge on any atom is 0.416 e. The van der Waals surface area contributed by atoms with Crippen LogP contribution in [0.15, 0.2) is 18.2 Å². The van der Waals surface area contributed by atoms with Gasteiger partial charge in [0.2, 0.25) is 0 Å². The molecule has 0 bridgehead atoms. The van der Waals surface area contributed by atoms with E-state index in [9.17, 15) is 22.0 Å². The molecule has 0 heterocycles. The molecule has 0 aromatic heterocycles. The number of halogens is 6. The molecule has 0 fully saturated rings. The van der Waals surface area contributed by atoms with Crippen LogP contribution in [0.3, 0.4) is 0 Å². The van der Waals surface area contributed by atoms with Gasteiger partial charge in [0.15, 0.2) is 0 Å². The van der Waals surface area contributed by atoms with Crippen LogP contribution in [0, 0.1) is 0 Å². The molecule has 0 aliphatic rings. The van der Waals surface area contributed by atoms with E-state index in [2.05, 4.69) is 0 Å². The summed E-state index contributed by atoms with van der Waals surface area (Å²) in [6, 6.07) is 2.81. The van der Waals surface area contributed by atoms with Crippen LogP contribution >= 0.6 is 11.6 Å². The van der Waals surface area contributed by atoms with E-state index in [1.165, 1.54) is 0 Å². The summed E-state index contributed by atoms with van der Waals surface area (Å²) in [6.45, 7) is 0.814. The van der Waals surface area contributed by atoms with Crippen LogP contribution in [0.4, 0.5) is 22.0 Å². The summed E-state index contributed by atoms with van der Waals surface area (Å²) >= 11 is 5.55. The van der Waals surface area contributed by atoms with Crippen LogP contribution in [0.25, 0.3) is 0 Å². The maximum atomic E-state index is 12.7. The summed E-state index contributed by atoms with van der Waals surface area (Å²) in [7, 11) is 0. The average Bonchev–Trinajstić information content (AvgIpc) is 2.15. The minimum Gasteiger partial charge on any atom is -0.317 e. The van der Waals surface area contributed by atoms with Gasteiger partial charge in [0.05, 0.1) is 5.56 Å². The molecule has 2 N–H and O–H groups in total. The molecule has 1 aromatic rings. The first kappa shape index (κ1) is 14.2. The predicted molar refractivity (Wildman–Crippen MR) is 54.0 cm³/mol. The summed E-state index contributed by atoms with van der Waals surface area (Å²) in [4.78, 5) is 0. The molecule has 0 amide bonds. The number of nitrogens with two attached hydrogens (primary N) is 1. The fourth-order valence-electron chi connectivity index (χ4n) is 1.42. The Bertz CT molecular complexity index is 414. The van der Waals surface area contributed by atoms with Crippen molar-refractivity contribution in [1.29, 1.82) is 0 Å². The first-order valence-electron chi connectivity index (χ1n) is 4.51. The van der Waals surface area contributed by atoms with E-state index >= 15 is 0 Å². The van der Waals surface area contributed by atoms with Crippen LogP contribution in [0.1, 0.15) is 18.1 Å². The molecular weight excluding hydrogens is 265 g/mol. The lowest BCUT2D eigenvalue weighted by Crippen LogP contribution is -2.42. The second-order valence-electron chi connectivity index (χ2n) is 3.74. The smallest absolute Gasteiger partial charge is 0.317 e. The van der Waals surface area contributed by atoms with Crippen molar-refractivity contribution in [3.8, 4) is 0 Å². The van der Waals surface area contributed by atoms with Crippen molar-refractivity contribution in [2.75, 3.05) is 0 Å². The van der Waals surface area contributed by atoms with E-state index in [0.717, 1.165) is 19.1 Å². The first-order valence-corrected chi connectivity index (χ1v) is 4.89. The van der Waals surface area contributed by atoms with Gasteiger partial charge in [0.1, 0.15) is 5.54 Å². The maximum absolute atomic E-state index is 12.7. The third-order valence-electron chi connectivity index (χ3n) is 2.31. The molecular formula is C10H9ClF5N. The van der Waals surface area contributed by atoms with Crippen molar-refractivity contribution in [2.24, 2.45) is 5.73 Å². The predicted octanol–water partition coefficient (Wildman–Crippen LogP) is 3.80. The van der Waals surface area contributed by atoms with Gasteiger partial charge in [-0.05, 0) is 19.1 Å². The van der Waals surface area contributed by atoms with Crippen molar-refractivity contribution in [3.05, 3.63) is 34.3 Å². The van der Waals surface area contributed by atoms with Gasteiger partial charge in [0.25, 0.3) is 6.43 Å². The van der Waals surface area contributed by atoms with E-state index in [0.29, 0.717) is 6.07 Å². The zero-order valence-corrected chi connectivity index (χ0v) is 9.41. The van der Waals surface area contributed by atoms with Gasteiger partial charge < -0.3 is 5.73 Å². The van der Waals surface area contributed by atoms with E-state index in [-0.39, 0.29) is 0 Å². The fraction of sp³-hybridized carbons (Fsp3) is 0.400. The quantitative estimate of drug-likeness (QED) is 0.815. The highest BCUT2D eigenvalue weighted by Gasteiger charge is 2.43. The molecule has 1 aromatic carbocycles. The van der Waals surface area contributed by atoms with Gasteiger partial charge in [-0.2, -0.15) is 13.2 Å². The highest BCUT2D eigenvalue weighted by Crippen LogP contribution is 2.41. The molecule has 0 radical (unpaired) electrons. The van der Waals surface area contributed by atoms with Crippen LogP contribution in [-0.2, 0) is 11.7 Å². The Morgan fingerprint density at radius 2 is 1.76 bits per heavy atom. The fourth-order valence-corrected chi connectivity index (χ4v) is 1.80. The highest BCUT2D eigenvalue weighted by atomic mass is 35.5. The van der Waals surface area contributed by atoms with Crippen molar-refractivity contribution >= 4 is 11.6 Å². The van der Waals surface area contributed by atoms with E-state index in [1.54, 1.807) is 0 Å². The van der Waals surface area contributed by atoms with Crippen LogP contribution < -0.4 is 5.73 Å². The third-order valence-corrected chi connectivity index (χ3v) is 2.63. The third kappa shape index (κ3) is 2.69. The largest absolute Gasteiger partial charge is 0.416 e. The van der Waals surface area contributed by atoms with Crippen molar-refractivity contribution < 1.29 is 22.0 Å². The molecule has 96 valence electrons. The highest BCUT2D eigenvalue weighted by molar-refractivity contribution is 6.31. The van der Waals surface area contributed by atoms with Crippen LogP contribution in [-0.4, -0.2) is 6.43 Å². The Kier molecular flexibility index (Phi) is 3.69. The molecule has 1 rings (SSSR count). The minimum atomic E-state index is -4.78. The van der Waals surface area contributed by atoms with E-state index in [1.807, 2.05) is 0 Å². The second-order valence-corrected chi connectivity index (χ2v) is 4.15. The molecule has 0 aliphatic carbocycles. The van der Waals surface area contributed by atoms with Gasteiger partial charge in [-0.3, -0.25) is 0 Å². The van der Waals surface area contributed by atoms with E-state index in [4.69, 9.17) is 17.3 Å². The molecule has 0 spiro atoms. The Morgan fingerprint density at radius 1 is 1.24 bits per heavy atom.